The molecule has 0 saturated carbocycles. The molecule has 0 amide bonds. The lowest BCUT2D eigenvalue weighted by molar-refractivity contribution is -0.137. The third-order valence-corrected chi connectivity index (χ3v) is 4.72. The average Bonchev–Trinajstić information content (AvgIpc) is 2.60. The Balaban J connectivity index is 1.84. The molecule has 25 heavy (non-hydrogen) atoms. The Morgan fingerprint density at radius 3 is 2.32 bits per heavy atom. The maximum absolute atomic E-state index is 12.8. The normalized spacial score (nSPS) is 16.0. The highest BCUT2D eigenvalue weighted by molar-refractivity contribution is 5.50. The molecule has 1 saturated heterocycles. The smallest absolute Gasteiger partial charge is 0.364 e. The van der Waals surface area contributed by atoms with Crippen LogP contribution >= 0.6 is 0 Å². The summed E-state index contributed by atoms with van der Waals surface area (Å²) in [5, 5.41) is 3.37. The lowest BCUT2D eigenvalue weighted by Crippen LogP contribution is -2.43. The second-order valence-corrected chi connectivity index (χ2v) is 6.64. The molecule has 2 aromatic carbocycles. The number of aryl methyl sites for hydroxylation is 1. The fourth-order valence-electron chi connectivity index (χ4n) is 3.35. The number of anilines is 1. The second kappa shape index (κ2) is 7.48. The minimum absolute atomic E-state index is 0.394. The number of halogens is 3. The first-order valence-corrected chi connectivity index (χ1v) is 8.63. The number of nitrogens with zero attached hydrogens (tertiary/aromatic N) is 1. The van der Waals surface area contributed by atoms with Crippen molar-refractivity contribution in [2.24, 2.45) is 0 Å². The number of piperidine rings is 1. The maximum atomic E-state index is 12.8. The van der Waals surface area contributed by atoms with Crippen molar-refractivity contribution in [2.75, 3.05) is 18.0 Å². The number of hydrogen-bond acceptors (Lipinski definition) is 2. The Bertz CT molecular complexity index is 689. The van der Waals surface area contributed by atoms with Crippen molar-refractivity contribution in [1.29, 1.82) is 0 Å². The average molecular weight is 348 g/mol. The summed E-state index contributed by atoms with van der Waals surface area (Å²) in [6.07, 6.45) is -2.22. The molecule has 1 aliphatic rings. The van der Waals surface area contributed by atoms with E-state index < -0.39 is 11.7 Å². The molecule has 1 N–H and O–H groups in total. The summed E-state index contributed by atoms with van der Waals surface area (Å²) >= 11 is 0. The zero-order chi connectivity index (χ0) is 17.9. The van der Waals surface area contributed by atoms with Gasteiger partial charge in [0, 0.05) is 18.3 Å². The third-order valence-electron chi connectivity index (χ3n) is 4.72. The Morgan fingerprint density at radius 2 is 1.72 bits per heavy atom. The molecule has 0 bridgehead atoms. The predicted molar refractivity (Wildman–Crippen MR) is 94.7 cm³/mol. The van der Waals surface area contributed by atoms with Gasteiger partial charge in [0.2, 0.25) is 0 Å². The molecule has 0 aliphatic carbocycles. The van der Waals surface area contributed by atoms with Gasteiger partial charge >= 0.3 is 6.18 Å². The van der Waals surface area contributed by atoms with Crippen LogP contribution in [0.25, 0.3) is 0 Å². The first-order chi connectivity index (χ1) is 11.9. The molecule has 2 nitrogen and oxygen atoms in total. The summed E-state index contributed by atoms with van der Waals surface area (Å²) in [4.78, 5) is 2.33. The van der Waals surface area contributed by atoms with Crippen LogP contribution in [0.1, 0.15) is 29.5 Å². The van der Waals surface area contributed by atoms with E-state index in [9.17, 15) is 13.2 Å². The van der Waals surface area contributed by atoms with Gasteiger partial charge in [0.1, 0.15) is 0 Å². The summed E-state index contributed by atoms with van der Waals surface area (Å²) in [6.45, 7) is 4.62. The first-order valence-electron chi connectivity index (χ1n) is 8.63. The minimum Gasteiger partial charge on any atom is -0.364 e. The van der Waals surface area contributed by atoms with Crippen LogP contribution in [-0.2, 0) is 12.7 Å². The molecule has 2 aromatic rings. The fraction of sp³-hybridized carbons (Fsp3) is 0.400. The van der Waals surface area contributed by atoms with Crippen LogP contribution in [0.4, 0.5) is 18.9 Å². The van der Waals surface area contributed by atoms with E-state index in [4.69, 9.17) is 0 Å². The van der Waals surface area contributed by atoms with Crippen molar-refractivity contribution < 1.29 is 13.2 Å². The SMILES string of the molecule is Cc1cccc(N(Cc2ccc(C(F)(F)F)cc2)C2CCNCC2)c1. The monoisotopic (exact) mass is 348 g/mol. The quantitative estimate of drug-likeness (QED) is 0.856. The largest absolute Gasteiger partial charge is 0.416 e. The first kappa shape index (κ1) is 17.8. The fourth-order valence-corrected chi connectivity index (χ4v) is 3.35. The Hall–Kier alpha value is -2.01. The molecule has 1 fully saturated rings. The highest BCUT2D eigenvalue weighted by atomic mass is 19.4. The standard InChI is InChI=1S/C20H23F3N2/c1-15-3-2-4-19(13-15)25(18-9-11-24-12-10-18)14-16-5-7-17(8-6-16)20(21,22)23/h2-8,13,18,24H,9-12,14H2,1H3. The summed E-state index contributed by atoms with van der Waals surface area (Å²) in [5.74, 6) is 0. The van der Waals surface area contributed by atoms with E-state index in [2.05, 4.69) is 35.3 Å². The van der Waals surface area contributed by atoms with Crippen LogP contribution in [0, 0.1) is 6.92 Å². The van der Waals surface area contributed by atoms with Gasteiger partial charge in [-0.15, -0.1) is 0 Å². The highest BCUT2D eigenvalue weighted by Crippen LogP contribution is 2.30. The van der Waals surface area contributed by atoms with Gasteiger partial charge < -0.3 is 10.2 Å². The Kier molecular flexibility index (Phi) is 5.33. The number of rotatable bonds is 4. The minimum atomic E-state index is -4.29. The lowest BCUT2D eigenvalue weighted by atomic mass is 10.0. The zero-order valence-corrected chi connectivity index (χ0v) is 14.3. The van der Waals surface area contributed by atoms with Gasteiger partial charge in [0.05, 0.1) is 5.56 Å². The van der Waals surface area contributed by atoms with Crippen LogP contribution in [0.5, 0.6) is 0 Å². The molecule has 0 radical (unpaired) electrons. The molecule has 0 aromatic heterocycles. The number of nitrogens with one attached hydrogen (secondary N) is 1. The van der Waals surface area contributed by atoms with Crippen LogP contribution in [0.2, 0.25) is 0 Å². The number of alkyl halides is 3. The van der Waals surface area contributed by atoms with Crippen molar-refractivity contribution in [2.45, 2.75) is 38.5 Å². The van der Waals surface area contributed by atoms with Gasteiger partial charge in [0.25, 0.3) is 0 Å². The van der Waals surface area contributed by atoms with E-state index in [0.29, 0.717) is 12.6 Å². The van der Waals surface area contributed by atoms with Crippen molar-refractivity contribution in [3.63, 3.8) is 0 Å². The van der Waals surface area contributed by atoms with E-state index in [1.165, 1.54) is 17.7 Å². The van der Waals surface area contributed by atoms with Crippen LogP contribution in [0.15, 0.2) is 48.5 Å². The van der Waals surface area contributed by atoms with Crippen LogP contribution < -0.4 is 10.2 Å². The highest BCUT2D eigenvalue weighted by Gasteiger charge is 2.30. The molecule has 0 spiro atoms. The van der Waals surface area contributed by atoms with Crippen molar-refractivity contribution in [1.82, 2.24) is 5.32 Å². The van der Waals surface area contributed by atoms with Gasteiger partial charge in [-0.25, -0.2) is 0 Å². The van der Waals surface area contributed by atoms with Gasteiger partial charge in [-0.3, -0.25) is 0 Å². The predicted octanol–water partition coefficient (Wildman–Crippen LogP) is 4.77. The van der Waals surface area contributed by atoms with E-state index in [-0.39, 0.29) is 0 Å². The lowest BCUT2D eigenvalue weighted by Gasteiger charge is -2.37. The van der Waals surface area contributed by atoms with Gasteiger partial charge in [0.15, 0.2) is 0 Å². The van der Waals surface area contributed by atoms with Gasteiger partial charge in [-0.1, -0.05) is 24.3 Å². The Morgan fingerprint density at radius 1 is 1.04 bits per heavy atom. The van der Waals surface area contributed by atoms with Crippen LogP contribution in [-0.4, -0.2) is 19.1 Å². The molecule has 0 atom stereocenters. The van der Waals surface area contributed by atoms with Crippen molar-refractivity contribution >= 4 is 5.69 Å². The van der Waals surface area contributed by atoms with E-state index in [0.717, 1.165) is 37.2 Å². The molecule has 5 heteroatoms. The molecular weight excluding hydrogens is 325 g/mol. The maximum Gasteiger partial charge on any atom is 0.416 e. The van der Waals surface area contributed by atoms with Crippen molar-refractivity contribution in [3.8, 4) is 0 Å². The van der Waals surface area contributed by atoms with E-state index >= 15 is 0 Å². The molecule has 3 rings (SSSR count). The third kappa shape index (κ3) is 4.54. The van der Waals surface area contributed by atoms with Gasteiger partial charge in [-0.05, 0) is 68.2 Å². The van der Waals surface area contributed by atoms with E-state index in [1.807, 2.05) is 6.07 Å². The van der Waals surface area contributed by atoms with Crippen molar-refractivity contribution in [3.05, 3.63) is 65.2 Å². The number of benzene rings is 2. The van der Waals surface area contributed by atoms with Crippen LogP contribution in [0.3, 0.4) is 0 Å². The number of hydrogen-bond donors (Lipinski definition) is 1. The molecule has 0 unspecified atom stereocenters. The molecular formula is C20H23F3N2. The topological polar surface area (TPSA) is 15.3 Å². The summed E-state index contributed by atoms with van der Waals surface area (Å²) in [5.41, 5.74) is 2.61. The zero-order valence-electron chi connectivity index (χ0n) is 14.3. The second-order valence-electron chi connectivity index (χ2n) is 6.64. The van der Waals surface area contributed by atoms with E-state index in [1.54, 1.807) is 12.1 Å². The summed E-state index contributed by atoms with van der Waals surface area (Å²) in [6, 6.07) is 14.2. The summed E-state index contributed by atoms with van der Waals surface area (Å²) in [7, 11) is 0. The Labute approximate surface area is 146 Å². The molecule has 1 aliphatic heterocycles. The summed E-state index contributed by atoms with van der Waals surface area (Å²) < 4.78 is 38.3. The molecule has 1 heterocycles. The molecule has 134 valence electrons. The van der Waals surface area contributed by atoms with Gasteiger partial charge in [-0.2, -0.15) is 13.2 Å².